The van der Waals surface area contributed by atoms with Crippen molar-refractivity contribution in [1.82, 2.24) is 24.9 Å². The molecule has 0 radical (unpaired) electrons. The lowest BCUT2D eigenvalue weighted by atomic mass is 9.89. The van der Waals surface area contributed by atoms with E-state index in [9.17, 15) is 22.4 Å². The summed E-state index contributed by atoms with van der Waals surface area (Å²) in [6.07, 6.45) is 0.403. The number of rotatable bonds is 7. The number of hydrogen-bond donors (Lipinski definition) is 1. The third-order valence-electron chi connectivity index (χ3n) is 6.30. The van der Waals surface area contributed by atoms with Crippen LogP contribution in [0.4, 0.5) is 23.4 Å². The van der Waals surface area contributed by atoms with Gasteiger partial charge in [0.15, 0.2) is 11.6 Å². The second-order valence-electron chi connectivity index (χ2n) is 9.34. The predicted molar refractivity (Wildman–Crippen MR) is 126 cm³/mol. The van der Waals surface area contributed by atoms with Gasteiger partial charge in [-0.25, -0.2) is 19.0 Å². The Balaban J connectivity index is 1.22. The molecule has 0 atom stereocenters. The quantitative estimate of drug-likeness (QED) is 0.351. The molecular formula is C25H22F4N6O3. The Morgan fingerprint density at radius 2 is 1.84 bits per heavy atom. The van der Waals surface area contributed by atoms with Crippen molar-refractivity contribution >= 4 is 11.7 Å². The molecule has 0 unspecified atom stereocenters. The molecule has 9 nitrogen and oxygen atoms in total. The van der Waals surface area contributed by atoms with Gasteiger partial charge >= 0.3 is 6.18 Å². The van der Waals surface area contributed by atoms with Gasteiger partial charge in [0.1, 0.15) is 23.7 Å². The summed E-state index contributed by atoms with van der Waals surface area (Å²) >= 11 is 0. The summed E-state index contributed by atoms with van der Waals surface area (Å²) in [5.41, 5.74) is -0.208. The standard InChI is InChI=1S/C25H22F4N6O3/c1-24(2,25(27,28)29)19-10-21(34-38-19)33-22(36)9-15-4-3-14(7-18(15)26)17-11-30-20(31-12-17)8-16-13-32-35-5-6-37-23(16)35/h3-4,7,10-13H,5-6,8-9H2,1-2H3,(H,33,34,36). The summed E-state index contributed by atoms with van der Waals surface area (Å²) in [7, 11) is 0. The van der Waals surface area contributed by atoms with E-state index < -0.39 is 29.1 Å². The van der Waals surface area contributed by atoms with Crippen molar-refractivity contribution < 1.29 is 31.6 Å². The highest BCUT2D eigenvalue weighted by Crippen LogP contribution is 2.41. The summed E-state index contributed by atoms with van der Waals surface area (Å²) in [5.74, 6) is -0.661. The summed E-state index contributed by atoms with van der Waals surface area (Å²) in [6, 6.07) is 5.34. The zero-order valence-electron chi connectivity index (χ0n) is 20.3. The smallest absolute Gasteiger partial charge is 0.401 e. The first-order valence-electron chi connectivity index (χ1n) is 11.6. The molecule has 0 fully saturated rings. The van der Waals surface area contributed by atoms with Gasteiger partial charge in [-0.2, -0.15) is 18.3 Å². The van der Waals surface area contributed by atoms with Gasteiger partial charge in [0.25, 0.3) is 0 Å². The molecule has 5 rings (SSSR count). The number of anilines is 1. The van der Waals surface area contributed by atoms with E-state index >= 15 is 0 Å². The first-order chi connectivity index (χ1) is 18.0. The third-order valence-corrected chi connectivity index (χ3v) is 6.30. The fourth-order valence-corrected chi connectivity index (χ4v) is 3.85. The van der Waals surface area contributed by atoms with Gasteiger partial charge in [0.05, 0.1) is 19.2 Å². The average Bonchev–Trinajstić information content (AvgIpc) is 3.59. The Hall–Kier alpha value is -4.29. The highest BCUT2D eigenvalue weighted by Gasteiger charge is 2.51. The van der Waals surface area contributed by atoms with Crippen LogP contribution in [0.1, 0.15) is 36.6 Å². The summed E-state index contributed by atoms with van der Waals surface area (Å²) < 4.78 is 66.5. The molecule has 13 heteroatoms. The molecule has 0 bridgehead atoms. The van der Waals surface area contributed by atoms with Crippen LogP contribution in [0, 0.1) is 5.82 Å². The number of fused-ring (bicyclic) bond motifs is 1. The molecule has 0 spiro atoms. The van der Waals surface area contributed by atoms with Crippen molar-refractivity contribution in [3.63, 3.8) is 0 Å². The molecule has 3 aromatic heterocycles. The zero-order valence-corrected chi connectivity index (χ0v) is 20.3. The zero-order chi connectivity index (χ0) is 27.1. The van der Waals surface area contributed by atoms with E-state index in [2.05, 4.69) is 25.5 Å². The van der Waals surface area contributed by atoms with Crippen LogP contribution in [-0.4, -0.2) is 43.6 Å². The van der Waals surface area contributed by atoms with Crippen LogP contribution in [-0.2, 0) is 29.6 Å². The molecule has 1 aliphatic rings. The van der Waals surface area contributed by atoms with Crippen LogP contribution in [0.5, 0.6) is 5.88 Å². The van der Waals surface area contributed by atoms with E-state index in [4.69, 9.17) is 9.26 Å². The minimum Gasteiger partial charge on any atom is -0.476 e. The van der Waals surface area contributed by atoms with Crippen molar-refractivity contribution in [3.8, 4) is 17.0 Å². The van der Waals surface area contributed by atoms with Crippen LogP contribution in [0.3, 0.4) is 0 Å². The Labute approximate surface area is 213 Å². The van der Waals surface area contributed by atoms with E-state index in [1.165, 1.54) is 12.1 Å². The topological polar surface area (TPSA) is 108 Å². The van der Waals surface area contributed by atoms with E-state index in [0.29, 0.717) is 42.4 Å². The second-order valence-corrected chi connectivity index (χ2v) is 9.34. The molecule has 0 saturated carbocycles. The van der Waals surface area contributed by atoms with Crippen molar-refractivity contribution in [2.24, 2.45) is 0 Å². The first kappa shape index (κ1) is 25.4. The lowest BCUT2D eigenvalue weighted by Crippen LogP contribution is -2.35. The fraction of sp³-hybridized carbons (Fsp3) is 0.320. The van der Waals surface area contributed by atoms with E-state index in [0.717, 1.165) is 25.5 Å². The van der Waals surface area contributed by atoms with Gasteiger partial charge in [-0.3, -0.25) is 4.79 Å². The number of nitrogens with one attached hydrogen (secondary N) is 1. The number of aromatic nitrogens is 5. The van der Waals surface area contributed by atoms with Gasteiger partial charge in [0, 0.05) is 36.0 Å². The molecule has 198 valence electrons. The fourth-order valence-electron chi connectivity index (χ4n) is 3.85. The van der Waals surface area contributed by atoms with Gasteiger partial charge in [0.2, 0.25) is 11.8 Å². The third kappa shape index (κ3) is 4.95. The number of benzene rings is 1. The van der Waals surface area contributed by atoms with Crippen molar-refractivity contribution in [2.45, 2.75) is 44.8 Å². The highest BCUT2D eigenvalue weighted by atomic mass is 19.4. The second kappa shape index (κ2) is 9.54. The Kier molecular flexibility index (Phi) is 6.37. The number of carbonyl (C=O) groups is 1. The van der Waals surface area contributed by atoms with Gasteiger partial charge in [-0.05, 0) is 31.0 Å². The molecule has 0 saturated heterocycles. The average molecular weight is 530 g/mol. The van der Waals surface area contributed by atoms with E-state index in [1.54, 1.807) is 29.3 Å². The summed E-state index contributed by atoms with van der Waals surface area (Å²) in [4.78, 5) is 21.1. The van der Waals surface area contributed by atoms with Crippen molar-refractivity contribution in [2.75, 3.05) is 11.9 Å². The minimum absolute atomic E-state index is 0.0955. The molecule has 1 N–H and O–H groups in total. The van der Waals surface area contributed by atoms with E-state index in [1.807, 2.05) is 0 Å². The highest BCUT2D eigenvalue weighted by molar-refractivity contribution is 5.91. The number of carbonyl (C=O) groups excluding carboxylic acids is 1. The predicted octanol–water partition coefficient (Wildman–Crippen LogP) is 4.47. The monoisotopic (exact) mass is 530 g/mol. The first-order valence-corrected chi connectivity index (χ1v) is 11.6. The molecular weight excluding hydrogens is 508 g/mol. The van der Waals surface area contributed by atoms with Crippen LogP contribution < -0.4 is 10.1 Å². The molecule has 1 aliphatic heterocycles. The lowest BCUT2D eigenvalue weighted by Gasteiger charge is -2.24. The minimum atomic E-state index is -4.57. The molecule has 1 amide bonds. The summed E-state index contributed by atoms with van der Waals surface area (Å²) in [6.45, 7) is 3.17. The Morgan fingerprint density at radius 1 is 1.08 bits per heavy atom. The maximum absolute atomic E-state index is 14.8. The number of nitrogens with zero attached hydrogens (tertiary/aromatic N) is 5. The molecule has 0 aliphatic carbocycles. The Morgan fingerprint density at radius 3 is 2.55 bits per heavy atom. The molecule has 4 aromatic rings. The maximum atomic E-state index is 14.8. The largest absolute Gasteiger partial charge is 0.476 e. The van der Waals surface area contributed by atoms with E-state index in [-0.39, 0.29) is 17.8 Å². The van der Waals surface area contributed by atoms with Gasteiger partial charge in [-0.1, -0.05) is 17.3 Å². The molecule has 4 heterocycles. The number of halogens is 4. The normalized spacial score (nSPS) is 13.3. The van der Waals surface area contributed by atoms with Crippen LogP contribution in [0.2, 0.25) is 0 Å². The summed E-state index contributed by atoms with van der Waals surface area (Å²) in [5, 5.41) is 10.1. The van der Waals surface area contributed by atoms with Crippen LogP contribution >= 0.6 is 0 Å². The number of alkyl halides is 3. The van der Waals surface area contributed by atoms with Crippen molar-refractivity contribution in [3.05, 3.63) is 71.4 Å². The molecule has 1 aromatic carbocycles. The Bertz CT molecular complexity index is 1480. The van der Waals surface area contributed by atoms with Crippen LogP contribution in [0.15, 0.2) is 47.4 Å². The molecule has 38 heavy (non-hydrogen) atoms. The van der Waals surface area contributed by atoms with Gasteiger partial charge < -0.3 is 14.6 Å². The number of amides is 1. The van der Waals surface area contributed by atoms with Gasteiger partial charge in [-0.15, -0.1) is 0 Å². The maximum Gasteiger partial charge on any atom is 0.401 e. The van der Waals surface area contributed by atoms with Crippen molar-refractivity contribution in [1.29, 1.82) is 0 Å². The lowest BCUT2D eigenvalue weighted by molar-refractivity contribution is -0.185. The van der Waals surface area contributed by atoms with Crippen LogP contribution in [0.25, 0.3) is 11.1 Å². The number of hydrogen-bond acceptors (Lipinski definition) is 7. The number of ether oxygens (including phenoxy) is 1. The SMILES string of the molecule is CC(C)(c1cc(NC(=O)Cc2ccc(-c3cnc(Cc4cnn5c4OCC5)nc3)cc2F)no1)C(F)(F)F.